The average Bonchev–Trinajstić information content (AvgIpc) is 2.44. The molecule has 0 spiro atoms. The first-order valence-electron chi connectivity index (χ1n) is 6.51. The van der Waals surface area contributed by atoms with E-state index in [4.69, 9.17) is 16.3 Å². The molecule has 2 N–H and O–H groups in total. The molecule has 0 saturated carbocycles. The molecule has 6 heteroatoms. The van der Waals surface area contributed by atoms with Gasteiger partial charge in [-0.05, 0) is 25.1 Å². The Labute approximate surface area is 123 Å². The van der Waals surface area contributed by atoms with Gasteiger partial charge in [0.25, 0.3) is 5.91 Å². The third-order valence-corrected chi connectivity index (χ3v) is 2.79. The molecule has 1 aromatic carbocycles. The first-order chi connectivity index (χ1) is 9.56. The van der Waals surface area contributed by atoms with Crippen LogP contribution in [0.5, 0.6) is 5.75 Å². The van der Waals surface area contributed by atoms with Crippen molar-refractivity contribution in [3.8, 4) is 5.75 Å². The van der Waals surface area contributed by atoms with Crippen molar-refractivity contribution < 1.29 is 14.3 Å². The molecule has 0 saturated heterocycles. The summed E-state index contributed by atoms with van der Waals surface area (Å²) in [6, 6.07) is 5.08. The maximum Gasteiger partial charge on any atom is 0.257 e. The molecule has 110 valence electrons. The van der Waals surface area contributed by atoms with Crippen molar-refractivity contribution >= 4 is 23.4 Å². The zero-order valence-corrected chi connectivity index (χ0v) is 12.4. The van der Waals surface area contributed by atoms with Gasteiger partial charge in [-0.3, -0.25) is 9.59 Å². The van der Waals surface area contributed by atoms with E-state index in [1.165, 1.54) is 0 Å². The van der Waals surface area contributed by atoms with Crippen LogP contribution in [0.1, 0.15) is 25.8 Å². The fraction of sp³-hybridized carbons (Fsp3) is 0.429. The number of amides is 2. The number of ether oxygens (including phenoxy) is 1. The van der Waals surface area contributed by atoms with Crippen LogP contribution in [0, 0.1) is 0 Å². The van der Waals surface area contributed by atoms with Crippen LogP contribution in [0.2, 0.25) is 5.02 Å². The van der Waals surface area contributed by atoms with Crippen molar-refractivity contribution in [2.75, 3.05) is 13.2 Å². The Kier molecular flexibility index (Phi) is 6.87. The molecule has 0 aliphatic heterocycles. The van der Waals surface area contributed by atoms with Crippen molar-refractivity contribution in [2.24, 2.45) is 0 Å². The molecule has 20 heavy (non-hydrogen) atoms. The van der Waals surface area contributed by atoms with E-state index in [1.54, 1.807) is 25.1 Å². The fourth-order valence-corrected chi connectivity index (χ4v) is 1.73. The number of rotatable bonds is 7. The number of carbonyl (C=O) groups is 2. The van der Waals surface area contributed by atoms with Crippen molar-refractivity contribution in [1.29, 1.82) is 0 Å². The van der Waals surface area contributed by atoms with E-state index in [1.807, 2.05) is 6.92 Å². The van der Waals surface area contributed by atoms with Crippen LogP contribution >= 0.6 is 11.6 Å². The van der Waals surface area contributed by atoms with Gasteiger partial charge in [-0.2, -0.15) is 0 Å². The third kappa shape index (κ3) is 5.48. The molecule has 1 rings (SSSR count). The van der Waals surface area contributed by atoms with Crippen LogP contribution in [0.4, 0.5) is 0 Å². The predicted octanol–water partition coefficient (Wildman–Crippen LogP) is 1.88. The van der Waals surface area contributed by atoms with E-state index >= 15 is 0 Å². The number of carbonyl (C=O) groups excluding carboxylic acids is 2. The zero-order valence-electron chi connectivity index (χ0n) is 11.7. The van der Waals surface area contributed by atoms with Crippen LogP contribution in [-0.2, 0) is 16.1 Å². The Morgan fingerprint density at radius 1 is 1.20 bits per heavy atom. The summed E-state index contributed by atoms with van der Waals surface area (Å²) in [6.07, 6.45) is 0.412. The molecule has 0 aliphatic rings. The summed E-state index contributed by atoms with van der Waals surface area (Å²) in [4.78, 5) is 22.7. The van der Waals surface area contributed by atoms with E-state index in [-0.39, 0.29) is 18.4 Å². The maximum absolute atomic E-state index is 11.4. The van der Waals surface area contributed by atoms with Crippen LogP contribution in [0.15, 0.2) is 18.2 Å². The summed E-state index contributed by atoms with van der Waals surface area (Å²) in [5, 5.41) is 5.95. The number of likely N-dealkylation sites (N-methyl/N-ethyl adjacent to an activating group) is 1. The van der Waals surface area contributed by atoms with E-state index in [0.29, 0.717) is 30.3 Å². The van der Waals surface area contributed by atoms with Gasteiger partial charge in [0.05, 0.1) is 0 Å². The Balaban J connectivity index is 2.69. The standard InChI is InChI=1S/C14H19ClN2O3/c1-3-13(18)17-8-10-7-11(15)5-6-12(10)20-9-14(19)16-4-2/h5-7H,3-4,8-9H2,1-2H3,(H,16,19)(H,17,18). The summed E-state index contributed by atoms with van der Waals surface area (Å²) in [6.45, 7) is 4.43. The molecular formula is C14H19ClN2O3. The first-order valence-corrected chi connectivity index (χ1v) is 6.89. The van der Waals surface area contributed by atoms with Crippen molar-refractivity contribution in [3.05, 3.63) is 28.8 Å². The van der Waals surface area contributed by atoms with Crippen molar-refractivity contribution in [1.82, 2.24) is 10.6 Å². The Hall–Kier alpha value is -1.75. The van der Waals surface area contributed by atoms with Gasteiger partial charge in [0.15, 0.2) is 6.61 Å². The minimum absolute atomic E-state index is 0.0559. The van der Waals surface area contributed by atoms with Crippen molar-refractivity contribution in [2.45, 2.75) is 26.8 Å². The van der Waals surface area contributed by atoms with Gasteiger partial charge in [0.2, 0.25) is 5.91 Å². The van der Waals surface area contributed by atoms with Gasteiger partial charge >= 0.3 is 0 Å². The quantitative estimate of drug-likeness (QED) is 0.807. The highest BCUT2D eigenvalue weighted by Crippen LogP contribution is 2.22. The van der Waals surface area contributed by atoms with Gasteiger partial charge in [-0.15, -0.1) is 0 Å². The monoisotopic (exact) mass is 298 g/mol. The minimum atomic E-state index is -0.189. The molecule has 5 nitrogen and oxygen atoms in total. The number of nitrogens with one attached hydrogen (secondary N) is 2. The third-order valence-electron chi connectivity index (χ3n) is 2.55. The van der Waals surface area contributed by atoms with E-state index in [2.05, 4.69) is 10.6 Å². The van der Waals surface area contributed by atoms with Gasteiger partial charge in [-0.1, -0.05) is 18.5 Å². The molecule has 0 heterocycles. The molecule has 0 unspecified atom stereocenters. The van der Waals surface area contributed by atoms with Gasteiger partial charge < -0.3 is 15.4 Å². The van der Waals surface area contributed by atoms with E-state index in [0.717, 1.165) is 5.56 Å². The highest BCUT2D eigenvalue weighted by molar-refractivity contribution is 6.30. The van der Waals surface area contributed by atoms with E-state index < -0.39 is 0 Å². The molecule has 0 bridgehead atoms. The number of hydrogen-bond acceptors (Lipinski definition) is 3. The second-order valence-corrected chi connectivity index (χ2v) is 4.56. The molecule has 2 amide bonds. The van der Waals surface area contributed by atoms with Crippen LogP contribution in [0.3, 0.4) is 0 Å². The second kappa shape index (κ2) is 8.43. The number of benzene rings is 1. The molecule has 0 radical (unpaired) electrons. The Morgan fingerprint density at radius 3 is 2.60 bits per heavy atom. The predicted molar refractivity (Wildman–Crippen MR) is 77.8 cm³/mol. The fourth-order valence-electron chi connectivity index (χ4n) is 1.54. The van der Waals surface area contributed by atoms with Crippen molar-refractivity contribution in [3.63, 3.8) is 0 Å². The first kappa shape index (κ1) is 16.3. The molecular weight excluding hydrogens is 280 g/mol. The smallest absolute Gasteiger partial charge is 0.257 e. The van der Waals surface area contributed by atoms with Crippen LogP contribution < -0.4 is 15.4 Å². The molecule has 0 fully saturated rings. The SMILES string of the molecule is CCNC(=O)COc1ccc(Cl)cc1CNC(=O)CC. The van der Waals surface area contributed by atoms with Gasteiger partial charge in [0, 0.05) is 30.1 Å². The lowest BCUT2D eigenvalue weighted by Gasteiger charge is -2.12. The summed E-state index contributed by atoms with van der Waals surface area (Å²) >= 11 is 5.93. The maximum atomic E-state index is 11.4. The van der Waals surface area contributed by atoms with Crippen LogP contribution in [-0.4, -0.2) is 25.0 Å². The molecule has 0 aromatic heterocycles. The number of halogens is 1. The topological polar surface area (TPSA) is 67.4 Å². The lowest BCUT2D eigenvalue weighted by atomic mass is 10.2. The highest BCUT2D eigenvalue weighted by atomic mass is 35.5. The molecule has 0 aliphatic carbocycles. The Morgan fingerprint density at radius 2 is 1.95 bits per heavy atom. The molecule has 0 atom stereocenters. The normalized spacial score (nSPS) is 9.95. The lowest BCUT2D eigenvalue weighted by Crippen LogP contribution is -2.29. The summed E-state index contributed by atoms with van der Waals surface area (Å²) in [5.74, 6) is 0.294. The van der Waals surface area contributed by atoms with Gasteiger partial charge in [-0.25, -0.2) is 0 Å². The number of hydrogen-bond donors (Lipinski definition) is 2. The Bertz CT molecular complexity index is 477. The second-order valence-electron chi connectivity index (χ2n) is 4.12. The summed E-state index contributed by atoms with van der Waals surface area (Å²) in [5.41, 5.74) is 0.739. The summed E-state index contributed by atoms with van der Waals surface area (Å²) in [7, 11) is 0. The molecule has 1 aromatic rings. The highest BCUT2D eigenvalue weighted by Gasteiger charge is 2.08. The minimum Gasteiger partial charge on any atom is -0.483 e. The zero-order chi connectivity index (χ0) is 15.0. The van der Waals surface area contributed by atoms with Crippen LogP contribution in [0.25, 0.3) is 0 Å². The largest absolute Gasteiger partial charge is 0.483 e. The average molecular weight is 299 g/mol. The van der Waals surface area contributed by atoms with E-state index in [9.17, 15) is 9.59 Å². The summed E-state index contributed by atoms with van der Waals surface area (Å²) < 4.78 is 5.45. The van der Waals surface area contributed by atoms with Gasteiger partial charge in [0.1, 0.15) is 5.75 Å². The lowest BCUT2D eigenvalue weighted by molar-refractivity contribution is -0.123.